The molecule has 0 unspecified atom stereocenters. The van der Waals surface area contributed by atoms with E-state index >= 15 is 0 Å². The van der Waals surface area contributed by atoms with Crippen molar-refractivity contribution in [2.45, 2.75) is 77.6 Å². The third kappa shape index (κ3) is 27.0. The van der Waals surface area contributed by atoms with E-state index in [0.717, 1.165) is 13.0 Å². The lowest BCUT2D eigenvalue weighted by Gasteiger charge is -2.08. The number of nitrogens with zero attached hydrogens (tertiary/aromatic N) is 1. The minimum Gasteiger partial charge on any atom is -0.409 e. The van der Waals surface area contributed by atoms with Crippen molar-refractivity contribution in [1.29, 1.82) is 0 Å². The van der Waals surface area contributed by atoms with E-state index in [2.05, 4.69) is 12.1 Å². The van der Waals surface area contributed by atoms with Gasteiger partial charge in [-0.2, -0.15) is 0 Å². The standard InChI is InChI=1S/C23H48N2O6/c1-2-3-4-5-6-7-8-9-10-11-13-27-15-17-29-19-21-31-22-20-30-18-16-28-14-12-23(24)25-26/h26H,2-22H2,1H3,(H2,24,25). The van der Waals surface area contributed by atoms with Gasteiger partial charge in [0.2, 0.25) is 0 Å². The average molecular weight is 449 g/mol. The molecule has 0 aromatic heterocycles. The maximum absolute atomic E-state index is 8.38. The molecule has 0 aromatic rings. The average Bonchev–Trinajstić information content (AvgIpc) is 2.78. The summed E-state index contributed by atoms with van der Waals surface area (Å²) in [4.78, 5) is 0. The maximum Gasteiger partial charge on any atom is 0.141 e. The molecule has 0 aliphatic heterocycles. The van der Waals surface area contributed by atoms with Crippen LogP contribution in [0.3, 0.4) is 0 Å². The molecule has 0 atom stereocenters. The van der Waals surface area contributed by atoms with Gasteiger partial charge in [0.05, 0.1) is 59.5 Å². The Morgan fingerprint density at radius 3 is 1.32 bits per heavy atom. The van der Waals surface area contributed by atoms with Gasteiger partial charge in [-0.15, -0.1) is 0 Å². The SMILES string of the molecule is CCCCCCCCCCCCOCCOCCOCCOCCOCCC(N)=NO. The first-order valence-corrected chi connectivity index (χ1v) is 12.2. The van der Waals surface area contributed by atoms with Gasteiger partial charge in [0.1, 0.15) is 5.84 Å². The van der Waals surface area contributed by atoms with E-state index in [1.54, 1.807) is 0 Å². The fourth-order valence-corrected chi connectivity index (χ4v) is 2.90. The Hall–Kier alpha value is -0.930. The van der Waals surface area contributed by atoms with Crippen molar-refractivity contribution in [2.75, 3.05) is 66.1 Å². The molecule has 31 heavy (non-hydrogen) atoms. The number of ether oxygens (including phenoxy) is 5. The zero-order chi connectivity index (χ0) is 22.7. The van der Waals surface area contributed by atoms with E-state index in [0.29, 0.717) is 65.9 Å². The first-order chi connectivity index (χ1) is 15.3. The Kier molecular flexibility index (Phi) is 26.3. The Balaban J connectivity index is 3.02. The van der Waals surface area contributed by atoms with Crippen molar-refractivity contribution >= 4 is 5.84 Å². The molecule has 0 bridgehead atoms. The summed E-state index contributed by atoms with van der Waals surface area (Å²) in [6.45, 7) is 7.91. The number of unbranched alkanes of at least 4 members (excludes halogenated alkanes) is 9. The van der Waals surface area contributed by atoms with Crippen LogP contribution in [0.5, 0.6) is 0 Å². The quantitative estimate of drug-likeness (QED) is 0.0674. The van der Waals surface area contributed by atoms with Crippen molar-refractivity contribution < 1.29 is 28.9 Å². The van der Waals surface area contributed by atoms with E-state index in [1.807, 2.05) is 0 Å². The monoisotopic (exact) mass is 448 g/mol. The molecular weight excluding hydrogens is 400 g/mol. The molecule has 0 heterocycles. The zero-order valence-corrected chi connectivity index (χ0v) is 19.9. The summed E-state index contributed by atoms with van der Waals surface area (Å²) in [6.07, 6.45) is 13.8. The van der Waals surface area contributed by atoms with Gasteiger partial charge in [0.25, 0.3) is 0 Å². The van der Waals surface area contributed by atoms with Crippen molar-refractivity contribution in [3.8, 4) is 0 Å². The minimum absolute atomic E-state index is 0.164. The third-order valence-electron chi connectivity index (χ3n) is 4.76. The Labute approximate surface area is 189 Å². The summed E-state index contributed by atoms with van der Waals surface area (Å²) in [7, 11) is 0. The lowest BCUT2D eigenvalue weighted by atomic mass is 10.1. The highest BCUT2D eigenvalue weighted by molar-refractivity contribution is 5.79. The van der Waals surface area contributed by atoms with E-state index in [1.165, 1.54) is 57.8 Å². The van der Waals surface area contributed by atoms with Crippen LogP contribution in [0.25, 0.3) is 0 Å². The second-order valence-corrected chi connectivity index (χ2v) is 7.59. The number of hydrogen-bond donors (Lipinski definition) is 2. The second kappa shape index (κ2) is 27.1. The van der Waals surface area contributed by atoms with Gasteiger partial charge in [-0.3, -0.25) is 0 Å². The van der Waals surface area contributed by atoms with Gasteiger partial charge in [-0.25, -0.2) is 0 Å². The molecule has 0 spiro atoms. The molecule has 0 aliphatic carbocycles. The normalized spacial score (nSPS) is 12.0. The minimum atomic E-state index is 0.164. The highest BCUT2D eigenvalue weighted by Crippen LogP contribution is 2.10. The molecule has 3 N–H and O–H groups in total. The molecule has 0 amide bonds. The highest BCUT2D eigenvalue weighted by atomic mass is 16.6. The Morgan fingerprint density at radius 2 is 0.903 bits per heavy atom. The summed E-state index contributed by atoms with van der Waals surface area (Å²) in [5.41, 5.74) is 5.33. The maximum atomic E-state index is 8.38. The number of amidine groups is 1. The molecule has 0 aliphatic rings. The Bertz CT molecular complexity index is 372. The fraction of sp³-hybridized carbons (Fsp3) is 0.957. The molecule has 8 nitrogen and oxygen atoms in total. The van der Waals surface area contributed by atoms with Crippen LogP contribution in [0.15, 0.2) is 5.16 Å². The predicted octanol–water partition coefficient (Wildman–Crippen LogP) is 4.13. The second-order valence-electron chi connectivity index (χ2n) is 7.59. The van der Waals surface area contributed by atoms with E-state index in [-0.39, 0.29) is 5.84 Å². The van der Waals surface area contributed by atoms with Crippen LogP contribution in [0.2, 0.25) is 0 Å². The van der Waals surface area contributed by atoms with Gasteiger partial charge in [0, 0.05) is 13.0 Å². The van der Waals surface area contributed by atoms with E-state index < -0.39 is 0 Å². The first-order valence-electron chi connectivity index (χ1n) is 12.2. The third-order valence-corrected chi connectivity index (χ3v) is 4.76. The molecule has 0 saturated carbocycles. The fourth-order valence-electron chi connectivity index (χ4n) is 2.90. The van der Waals surface area contributed by atoms with Crippen LogP contribution in [-0.2, 0) is 23.7 Å². The molecule has 0 saturated heterocycles. The van der Waals surface area contributed by atoms with Gasteiger partial charge in [0.15, 0.2) is 0 Å². The molecule has 0 radical (unpaired) electrons. The first kappa shape index (κ1) is 30.1. The topological polar surface area (TPSA) is 105 Å². The largest absolute Gasteiger partial charge is 0.409 e. The van der Waals surface area contributed by atoms with Gasteiger partial charge in [-0.05, 0) is 6.42 Å². The summed E-state index contributed by atoms with van der Waals surface area (Å²) in [5, 5.41) is 11.2. The molecule has 8 heteroatoms. The van der Waals surface area contributed by atoms with Gasteiger partial charge >= 0.3 is 0 Å². The number of hydrogen-bond acceptors (Lipinski definition) is 7. The molecule has 0 aromatic carbocycles. The van der Waals surface area contributed by atoms with Gasteiger partial charge < -0.3 is 34.6 Å². The van der Waals surface area contributed by atoms with Crippen molar-refractivity contribution in [3.63, 3.8) is 0 Å². The molecule has 0 fully saturated rings. The predicted molar refractivity (Wildman–Crippen MR) is 124 cm³/mol. The van der Waals surface area contributed by atoms with Crippen LogP contribution in [0.1, 0.15) is 77.6 Å². The number of oxime groups is 1. The summed E-state index contributed by atoms with van der Waals surface area (Å²) < 4.78 is 27.2. The van der Waals surface area contributed by atoms with Gasteiger partial charge in [-0.1, -0.05) is 69.9 Å². The lowest BCUT2D eigenvalue weighted by Crippen LogP contribution is -2.16. The summed E-state index contributed by atoms with van der Waals surface area (Å²) in [5.74, 6) is 0.164. The molecular formula is C23H48N2O6. The zero-order valence-electron chi connectivity index (χ0n) is 19.9. The van der Waals surface area contributed by atoms with Crippen molar-refractivity contribution in [1.82, 2.24) is 0 Å². The summed E-state index contributed by atoms with van der Waals surface area (Å²) >= 11 is 0. The van der Waals surface area contributed by atoms with Crippen molar-refractivity contribution in [3.05, 3.63) is 0 Å². The number of nitrogens with two attached hydrogens (primary N) is 1. The van der Waals surface area contributed by atoms with Crippen LogP contribution in [0, 0.1) is 0 Å². The lowest BCUT2D eigenvalue weighted by molar-refractivity contribution is -0.0108. The van der Waals surface area contributed by atoms with Crippen LogP contribution in [0.4, 0.5) is 0 Å². The van der Waals surface area contributed by atoms with E-state index in [4.69, 9.17) is 34.6 Å². The Morgan fingerprint density at radius 1 is 0.548 bits per heavy atom. The smallest absolute Gasteiger partial charge is 0.141 e. The summed E-state index contributed by atoms with van der Waals surface area (Å²) in [6, 6.07) is 0. The molecule has 0 rings (SSSR count). The van der Waals surface area contributed by atoms with Crippen LogP contribution in [-0.4, -0.2) is 77.1 Å². The highest BCUT2D eigenvalue weighted by Gasteiger charge is 1.96. The van der Waals surface area contributed by atoms with E-state index in [9.17, 15) is 0 Å². The van der Waals surface area contributed by atoms with Crippen molar-refractivity contribution in [2.24, 2.45) is 10.9 Å². The van der Waals surface area contributed by atoms with Crippen LogP contribution >= 0.6 is 0 Å². The molecule has 186 valence electrons. The van der Waals surface area contributed by atoms with Crippen LogP contribution < -0.4 is 5.73 Å². The number of rotatable bonds is 26.